The average Bonchev–Trinajstić information content (AvgIpc) is 2.78. The molecule has 3 heterocycles. The lowest BCUT2D eigenvalue weighted by Gasteiger charge is -2.24. The van der Waals surface area contributed by atoms with Gasteiger partial charge in [-0.25, -0.2) is 0 Å². The van der Waals surface area contributed by atoms with Crippen molar-refractivity contribution in [2.45, 2.75) is 38.4 Å². The van der Waals surface area contributed by atoms with E-state index >= 15 is 0 Å². The predicted molar refractivity (Wildman–Crippen MR) is 66.7 cm³/mol. The van der Waals surface area contributed by atoms with Gasteiger partial charge in [0.15, 0.2) is 0 Å². The Morgan fingerprint density at radius 3 is 2.82 bits per heavy atom. The van der Waals surface area contributed by atoms with Crippen LogP contribution in [0.25, 0.3) is 0 Å². The Labute approximate surface area is 102 Å². The summed E-state index contributed by atoms with van der Waals surface area (Å²) < 4.78 is 2.22. The Morgan fingerprint density at radius 1 is 1.24 bits per heavy atom. The molecule has 0 aromatic carbocycles. The lowest BCUT2D eigenvalue weighted by Crippen LogP contribution is -2.31. The van der Waals surface area contributed by atoms with Crippen LogP contribution >= 0.6 is 0 Å². The van der Waals surface area contributed by atoms with Crippen LogP contribution in [0.15, 0.2) is 0 Å². The third kappa shape index (κ3) is 1.99. The van der Waals surface area contributed by atoms with Gasteiger partial charge in [-0.15, -0.1) is 0 Å². The number of nitrogens with two attached hydrogens (primary N) is 1. The number of fused-ring (bicyclic) bond motifs is 1. The predicted octanol–water partition coefficient (Wildman–Crippen LogP) is -0.0880. The highest BCUT2D eigenvalue weighted by molar-refractivity contribution is 5.29. The summed E-state index contributed by atoms with van der Waals surface area (Å²) in [7, 11) is 0. The van der Waals surface area contributed by atoms with Gasteiger partial charge in [0.1, 0.15) is 0 Å². The third-order valence-electron chi connectivity index (χ3n) is 3.89. The molecule has 3 rings (SSSR count). The maximum Gasteiger partial charge on any atom is 0.0685 e. The monoisotopic (exact) mass is 235 g/mol. The highest BCUT2D eigenvalue weighted by Crippen LogP contribution is 2.25. The van der Waals surface area contributed by atoms with Crippen LogP contribution in [0.5, 0.6) is 0 Å². The standard InChI is InChI=1S/C12H21N5/c13-7-12-10-8-15-6-3-11(10)16-17(12)9-1-4-14-5-2-9/h9,14-15H,1-8,13H2. The van der Waals surface area contributed by atoms with Crippen molar-refractivity contribution in [2.24, 2.45) is 5.73 Å². The first-order valence-corrected chi connectivity index (χ1v) is 6.61. The van der Waals surface area contributed by atoms with Crippen LogP contribution in [-0.4, -0.2) is 29.4 Å². The number of nitrogens with zero attached hydrogens (tertiary/aromatic N) is 2. The van der Waals surface area contributed by atoms with Crippen LogP contribution in [0.1, 0.15) is 35.8 Å². The van der Waals surface area contributed by atoms with Crippen molar-refractivity contribution in [2.75, 3.05) is 19.6 Å². The summed E-state index contributed by atoms with van der Waals surface area (Å²) in [5.41, 5.74) is 9.80. The Hall–Kier alpha value is -0.910. The molecular weight excluding hydrogens is 214 g/mol. The van der Waals surface area contributed by atoms with Gasteiger partial charge in [0.2, 0.25) is 0 Å². The van der Waals surface area contributed by atoms with Crippen molar-refractivity contribution in [1.82, 2.24) is 20.4 Å². The van der Waals surface area contributed by atoms with E-state index in [1.54, 1.807) is 0 Å². The molecule has 0 atom stereocenters. The first kappa shape index (κ1) is 11.2. The molecule has 5 nitrogen and oxygen atoms in total. The number of hydrogen-bond acceptors (Lipinski definition) is 4. The fraction of sp³-hybridized carbons (Fsp3) is 0.750. The molecule has 1 aromatic heterocycles. The van der Waals surface area contributed by atoms with Crippen LogP contribution in [-0.2, 0) is 19.5 Å². The van der Waals surface area contributed by atoms with Crippen molar-refractivity contribution in [3.63, 3.8) is 0 Å². The van der Waals surface area contributed by atoms with Crippen molar-refractivity contribution >= 4 is 0 Å². The second kappa shape index (κ2) is 4.76. The number of piperidine rings is 1. The van der Waals surface area contributed by atoms with E-state index in [0.717, 1.165) is 32.6 Å². The number of hydrogen-bond donors (Lipinski definition) is 3. The van der Waals surface area contributed by atoms with Crippen LogP contribution in [0.4, 0.5) is 0 Å². The van der Waals surface area contributed by atoms with Crippen LogP contribution in [0.2, 0.25) is 0 Å². The van der Waals surface area contributed by atoms with Gasteiger partial charge in [0, 0.05) is 31.6 Å². The van der Waals surface area contributed by atoms with E-state index < -0.39 is 0 Å². The van der Waals surface area contributed by atoms with Gasteiger partial charge < -0.3 is 16.4 Å². The summed E-state index contributed by atoms with van der Waals surface area (Å²) in [6, 6.07) is 0.542. The van der Waals surface area contributed by atoms with E-state index in [4.69, 9.17) is 10.8 Å². The summed E-state index contributed by atoms with van der Waals surface area (Å²) in [5, 5.41) is 11.6. The molecule has 2 aliphatic rings. The zero-order valence-electron chi connectivity index (χ0n) is 10.2. The molecule has 2 aliphatic heterocycles. The Bertz CT molecular complexity index is 392. The first-order chi connectivity index (χ1) is 8.40. The van der Waals surface area contributed by atoms with Crippen molar-refractivity contribution in [3.05, 3.63) is 17.0 Å². The van der Waals surface area contributed by atoms with Crippen LogP contribution in [0.3, 0.4) is 0 Å². The number of rotatable bonds is 2. The van der Waals surface area contributed by atoms with E-state index in [0.29, 0.717) is 12.6 Å². The van der Waals surface area contributed by atoms with Gasteiger partial charge in [0.25, 0.3) is 0 Å². The van der Waals surface area contributed by atoms with Crippen LogP contribution < -0.4 is 16.4 Å². The topological polar surface area (TPSA) is 67.9 Å². The van der Waals surface area contributed by atoms with Crippen molar-refractivity contribution < 1.29 is 0 Å². The minimum atomic E-state index is 0.542. The van der Waals surface area contributed by atoms with E-state index in [-0.39, 0.29) is 0 Å². The Balaban J connectivity index is 1.94. The molecule has 0 radical (unpaired) electrons. The molecule has 0 bridgehead atoms. The molecular formula is C12H21N5. The summed E-state index contributed by atoms with van der Waals surface area (Å²) >= 11 is 0. The van der Waals surface area contributed by atoms with Crippen molar-refractivity contribution in [1.29, 1.82) is 0 Å². The van der Waals surface area contributed by atoms with Gasteiger partial charge in [-0.05, 0) is 25.9 Å². The van der Waals surface area contributed by atoms with E-state index in [9.17, 15) is 0 Å². The van der Waals surface area contributed by atoms with Gasteiger partial charge in [-0.3, -0.25) is 4.68 Å². The molecule has 0 saturated carbocycles. The largest absolute Gasteiger partial charge is 0.325 e. The van der Waals surface area contributed by atoms with Gasteiger partial charge in [-0.1, -0.05) is 0 Å². The summed E-state index contributed by atoms with van der Waals surface area (Å²) in [6.45, 7) is 4.77. The fourth-order valence-corrected chi connectivity index (χ4v) is 2.95. The smallest absolute Gasteiger partial charge is 0.0685 e. The molecule has 0 spiro atoms. The zero-order valence-corrected chi connectivity index (χ0v) is 10.2. The molecule has 0 amide bonds. The molecule has 1 aromatic rings. The van der Waals surface area contributed by atoms with Gasteiger partial charge in [-0.2, -0.15) is 5.10 Å². The fourth-order valence-electron chi connectivity index (χ4n) is 2.95. The van der Waals surface area contributed by atoms with Crippen LogP contribution in [0, 0.1) is 0 Å². The first-order valence-electron chi connectivity index (χ1n) is 6.61. The maximum atomic E-state index is 5.92. The molecule has 17 heavy (non-hydrogen) atoms. The van der Waals surface area contributed by atoms with E-state index in [2.05, 4.69) is 15.3 Å². The molecule has 1 saturated heterocycles. The second-order valence-corrected chi connectivity index (χ2v) is 4.93. The molecule has 5 heteroatoms. The molecule has 0 unspecified atom stereocenters. The normalized spacial score (nSPS) is 21.5. The minimum Gasteiger partial charge on any atom is -0.325 e. The quantitative estimate of drug-likeness (QED) is 0.670. The minimum absolute atomic E-state index is 0.542. The summed E-state index contributed by atoms with van der Waals surface area (Å²) in [6.07, 6.45) is 3.38. The highest BCUT2D eigenvalue weighted by atomic mass is 15.3. The summed E-state index contributed by atoms with van der Waals surface area (Å²) in [5.74, 6) is 0. The van der Waals surface area contributed by atoms with Gasteiger partial charge >= 0.3 is 0 Å². The molecule has 4 N–H and O–H groups in total. The zero-order chi connectivity index (χ0) is 11.7. The Morgan fingerprint density at radius 2 is 2.06 bits per heavy atom. The third-order valence-corrected chi connectivity index (χ3v) is 3.89. The lowest BCUT2D eigenvalue weighted by molar-refractivity contribution is 0.334. The molecule has 1 fully saturated rings. The molecule has 0 aliphatic carbocycles. The van der Waals surface area contributed by atoms with Crippen molar-refractivity contribution in [3.8, 4) is 0 Å². The Kier molecular flexibility index (Phi) is 3.13. The SMILES string of the molecule is NCc1c2c(nn1C1CCNCC1)CCNC2. The van der Waals surface area contributed by atoms with E-state index in [1.807, 2.05) is 0 Å². The highest BCUT2D eigenvalue weighted by Gasteiger charge is 2.24. The average molecular weight is 235 g/mol. The number of aromatic nitrogens is 2. The van der Waals surface area contributed by atoms with E-state index in [1.165, 1.54) is 29.8 Å². The second-order valence-electron chi connectivity index (χ2n) is 4.93. The molecule has 94 valence electrons. The maximum absolute atomic E-state index is 5.92. The van der Waals surface area contributed by atoms with Gasteiger partial charge in [0.05, 0.1) is 17.4 Å². The number of nitrogens with one attached hydrogen (secondary N) is 2. The summed E-state index contributed by atoms with van der Waals surface area (Å²) in [4.78, 5) is 0. The lowest BCUT2D eigenvalue weighted by atomic mass is 10.0.